The molecule has 9 heteroatoms. The maximum absolute atomic E-state index is 13.1. The number of nitrogens with one attached hydrogen (secondary N) is 1. The minimum absolute atomic E-state index is 0.00342. The number of H-pyrrole nitrogens is 1. The number of hydrogen-bond donors (Lipinski definition) is 1. The second-order valence-electron chi connectivity index (χ2n) is 7.02. The van der Waals surface area contributed by atoms with E-state index >= 15 is 0 Å². The Kier molecular flexibility index (Phi) is 4.77. The maximum Gasteiger partial charge on any atom is 0.277 e. The fraction of sp³-hybridized carbons (Fsp3) is 0.238. The number of aromatic amines is 1. The number of aryl methyl sites for hydroxylation is 1. The number of ether oxygens (including phenoxy) is 2. The second kappa shape index (κ2) is 7.17. The van der Waals surface area contributed by atoms with Gasteiger partial charge in [-0.25, -0.2) is 8.42 Å². The first-order valence-electron chi connectivity index (χ1n) is 9.29. The Morgan fingerprint density at radius 2 is 1.87 bits per heavy atom. The van der Waals surface area contributed by atoms with E-state index in [4.69, 9.17) is 9.47 Å². The topological polar surface area (TPSA) is 107 Å². The van der Waals surface area contributed by atoms with Gasteiger partial charge in [0.25, 0.3) is 5.56 Å². The highest BCUT2D eigenvalue weighted by Gasteiger charge is 2.25. The summed E-state index contributed by atoms with van der Waals surface area (Å²) in [6, 6.07) is 7.96. The summed E-state index contributed by atoms with van der Waals surface area (Å²) in [7, 11) is -3.59. The lowest BCUT2D eigenvalue weighted by molar-refractivity contribution is 0.103. The van der Waals surface area contributed by atoms with E-state index in [0.717, 1.165) is 6.26 Å². The van der Waals surface area contributed by atoms with Gasteiger partial charge >= 0.3 is 0 Å². The van der Waals surface area contributed by atoms with Gasteiger partial charge in [0, 0.05) is 30.1 Å². The average Bonchev–Trinajstić information content (AvgIpc) is 3.31. The summed E-state index contributed by atoms with van der Waals surface area (Å²) in [4.78, 5) is 25.6. The highest BCUT2D eigenvalue weighted by Crippen LogP contribution is 2.40. The van der Waals surface area contributed by atoms with Crippen molar-refractivity contribution in [2.24, 2.45) is 0 Å². The number of carbonyl (C=O) groups excluding carboxylic acids is 1. The van der Waals surface area contributed by atoms with Gasteiger partial charge in [-0.15, -0.1) is 0 Å². The molecule has 0 saturated carbocycles. The molecule has 0 amide bonds. The van der Waals surface area contributed by atoms with E-state index in [0.29, 0.717) is 34.7 Å². The Balaban J connectivity index is 1.93. The van der Waals surface area contributed by atoms with Crippen molar-refractivity contribution in [3.05, 3.63) is 63.6 Å². The van der Waals surface area contributed by atoms with E-state index in [9.17, 15) is 18.0 Å². The van der Waals surface area contributed by atoms with E-state index in [1.54, 1.807) is 32.0 Å². The second-order valence-corrected chi connectivity index (χ2v) is 9.00. The van der Waals surface area contributed by atoms with Crippen molar-refractivity contribution >= 4 is 15.6 Å². The maximum atomic E-state index is 13.1. The molecule has 3 aromatic rings. The molecule has 0 saturated heterocycles. The predicted molar refractivity (Wildman–Crippen MR) is 110 cm³/mol. The summed E-state index contributed by atoms with van der Waals surface area (Å²) in [5, 5.41) is 2.76. The molecule has 1 aromatic heterocycles. The van der Waals surface area contributed by atoms with Crippen LogP contribution < -0.4 is 15.0 Å². The Labute approximate surface area is 173 Å². The van der Waals surface area contributed by atoms with Crippen LogP contribution in [0.5, 0.6) is 11.5 Å². The van der Waals surface area contributed by atoms with Gasteiger partial charge in [0.15, 0.2) is 27.1 Å². The van der Waals surface area contributed by atoms with Gasteiger partial charge in [0.2, 0.25) is 6.79 Å². The molecule has 2 aromatic carbocycles. The lowest BCUT2D eigenvalue weighted by Gasteiger charge is -2.15. The third kappa shape index (κ3) is 3.21. The van der Waals surface area contributed by atoms with Crippen LogP contribution in [0.25, 0.3) is 11.1 Å². The summed E-state index contributed by atoms with van der Waals surface area (Å²) in [6.07, 6.45) is 2.49. The molecule has 0 bridgehead atoms. The fourth-order valence-electron chi connectivity index (χ4n) is 3.60. The third-order valence-electron chi connectivity index (χ3n) is 5.13. The summed E-state index contributed by atoms with van der Waals surface area (Å²) in [5.41, 5.74) is 1.28. The van der Waals surface area contributed by atoms with Gasteiger partial charge in [-0.2, -0.15) is 0 Å². The van der Waals surface area contributed by atoms with Crippen LogP contribution in [0.4, 0.5) is 0 Å². The molecule has 1 aliphatic heterocycles. The molecule has 4 rings (SSSR count). The lowest BCUT2D eigenvalue weighted by Crippen LogP contribution is -2.21. The van der Waals surface area contributed by atoms with Crippen LogP contribution in [-0.2, 0) is 16.4 Å². The molecule has 156 valence electrons. The number of hydrogen-bond acceptors (Lipinski definition) is 6. The van der Waals surface area contributed by atoms with Gasteiger partial charge in [-0.3, -0.25) is 14.3 Å². The fourth-order valence-corrected chi connectivity index (χ4v) is 4.56. The molecule has 2 heterocycles. The van der Waals surface area contributed by atoms with Crippen LogP contribution in [-0.4, -0.2) is 37.0 Å². The van der Waals surface area contributed by atoms with Crippen molar-refractivity contribution in [2.75, 3.05) is 13.0 Å². The number of nitrogens with zero attached hydrogens (tertiary/aromatic N) is 1. The first-order chi connectivity index (χ1) is 14.2. The van der Waals surface area contributed by atoms with Gasteiger partial charge in [0.1, 0.15) is 5.56 Å². The van der Waals surface area contributed by atoms with Crippen LogP contribution in [0.15, 0.2) is 46.2 Å². The van der Waals surface area contributed by atoms with Crippen LogP contribution >= 0.6 is 0 Å². The largest absolute Gasteiger partial charge is 0.454 e. The first kappa shape index (κ1) is 20.0. The van der Waals surface area contributed by atoms with E-state index in [1.807, 2.05) is 0 Å². The molecule has 30 heavy (non-hydrogen) atoms. The summed E-state index contributed by atoms with van der Waals surface area (Å²) in [6.45, 7) is 3.95. The monoisotopic (exact) mass is 428 g/mol. The number of aromatic nitrogens is 2. The minimum Gasteiger partial charge on any atom is -0.454 e. The minimum atomic E-state index is -3.59. The highest BCUT2D eigenvalue weighted by molar-refractivity contribution is 7.90. The van der Waals surface area contributed by atoms with Crippen molar-refractivity contribution in [3.8, 4) is 22.6 Å². The van der Waals surface area contributed by atoms with Crippen LogP contribution in [0, 0.1) is 6.92 Å². The summed E-state index contributed by atoms with van der Waals surface area (Å²) >= 11 is 0. The normalized spacial score (nSPS) is 12.9. The molecule has 0 aliphatic carbocycles. The standard InChI is InChI=1S/C21H20N2O6S/c1-4-23-21(25)15(10-22-23)20(24)14-6-8-18(30(3,26)27)19(12(14)2)13-5-7-16-17(9-13)29-11-28-16/h5-10,22H,4,11H2,1-3H3. The van der Waals surface area contributed by atoms with E-state index in [-0.39, 0.29) is 22.8 Å². The van der Waals surface area contributed by atoms with Crippen molar-refractivity contribution in [3.63, 3.8) is 0 Å². The van der Waals surface area contributed by atoms with Crippen molar-refractivity contribution in [2.45, 2.75) is 25.3 Å². The Morgan fingerprint density at radius 1 is 1.13 bits per heavy atom. The molecule has 0 radical (unpaired) electrons. The molecule has 1 N–H and O–H groups in total. The van der Waals surface area contributed by atoms with Gasteiger partial charge in [0.05, 0.1) is 4.90 Å². The molecule has 8 nitrogen and oxygen atoms in total. The zero-order valence-corrected chi connectivity index (χ0v) is 17.5. The number of benzene rings is 2. The number of sulfone groups is 1. The molecular weight excluding hydrogens is 408 g/mol. The SMILES string of the molecule is CCn1[nH]cc(C(=O)c2ccc(S(C)(=O)=O)c(-c3ccc4c(c3)OCO4)c2C)c1=O. The number of ketones is 1. The molecule has 0 fully saturated rings. The lowest BCUT2D eigenvalue weighted by atomic mass is 9.92. The summed E-state index contributed by atoms with van der Waals surface area (Å²) < 4.78 is 37.0. The third-order valence-corrected chi connectivity index (χ3v) is 6.27. The zero-order valence-electron chi connectivity index (χ0n) is 16.7. The van der Waals surface area contributed by atoms with E-state index < -0.39 is 21.2 Å². The first-order valence-corrected chi connectivity index (χ1v) is 11.2. The number of rotatable bonds is 5. The highest BCUT2D eigenvalue weighted by atomic mass is 32.2. The molecule has 0 atom stereocenters. The van der Waals surface area contributed by atoms with Crippen LogP contribution in [0.2, 0.25) is 0 Å². The van der Waals surface area contributed by atoms with E-state index in [1.165, 1.54) is 23.0 Å². The molecular formula is C21H20N2O6S. The average molecular weight is 428 g/mol. The smallest absolute Gasteiger partial charge is 0.277 e. The van der Waals surface area contributed by atoms with Gasteiger partial charge in [-0.05, 0) is 49.2 Å². The van der Waals surface area contributed by atoms with Gasteiger partial charge < -0.3 is 14.6 Å². The summed E-state index contributed by atoms with van der Waals surface area (Å²) in [5.74, 6) is 0.597. The molecule has 0 unspecified atom stereocenters. The van der Waals surface area contributed by atoms with Crippen molar-refractivity contribution in [1.29, 1.82) is 0 Å². The Morgan fingerprint density at radius 3 is 2.53 bits per heavy atom. The quantitative estimate of drug-likeness (QED) is 0.626. The van der Waals surface area contributed by atoms with Crippen LogP contribution in [0.3, 0.4) is 0 Å². The van der Waals surface area contributed by atoms with Crippen molar-refractivity contribution in [1.82, 2.24) is 9.78 Å². The predicted octanol–water partition coefficient (Wildman–Crippen LogP) is 2.53. The number of carbonyl (C=O) groups is 1. The van der Waals surface area contributed by atoms with Gasteiger partial charge in [-0.1, -0.05) is 6.07 Å². The van der Waals surface area contributed by atoms with Crippen molar-refractivity contribution < 1.29 is 22.7 Å². The van der Waals surface area contributed by atoms with E-state index in [2.05, 4.69) is 5.10 Å². The number of fused-ring (bicyclic) bond motifs is 1. The molecule has 0 spiro atoms. The van der Waals surface area contributed by atoms with Crippen LogP contribution in [0.1, 0.15) is 28.4 Å². The molecule has 1 aliphatic rings. The Bertz CT molecular complexity index is 1330. The zero-order chi connectivity index (χ0) is 21.6. The Hall–Kier alpha value is -3.33.